The van der Waals surface area contributed by atoms with Gasteiger partial charge in [0.05, 0.1) is 11.0 Å². The molecule has 0 saturated carbocycles. The molecule has 0 radical (unpaired) electrons. The van der Waals surface area contributed by atoms with Crippen molar-refractivity contribution in [2.45, 2.75) is 5.41 Å². The van der Waals surface area contributed by atoms with E-state index in [1.165, 1.54) is 50.1 Å². The molecule has 12 aromatic rings. The first-order valence-electron chi connectivity index (χ1n) is 21.3. The average molecular weight is 804 g/mol. The van der Waals surface area contributed by atoms with Crippen molar-refractivity contribution in [1.29, 1.82) is 0 Å². The second-order valence-electron chi connectivity index (χ2n) is 16.6. The zero-order valence-electron chi connectivity index (χ0n) is 33.7. The first kappa shape index (κ1) is 34.3. The largest absolute Gasteiger partial charge is 0.456 e. The van der Waals surface area contributed by atoms with E-state index in [0.29, 0.717) is 17.5 Å². The highest BCUT2D eigenvalue weighted by Crippen LogP contribution is 2.64. The van der Waals surface area contributed by atoms with Gasteiger partial charge in [0, 0.05) is 32.7 Å². The molecule has 5 nitrogen and oxygen atoms in total. The Hall–Kier alpha value is -8.41. The summed E-state index contributed by atoms with van der Waals surface area (Å²) < 4.78 is 13.2. The van der Waals surface area contributed by atoms with Gasteiger partial charge in [-0.15, -0.1) is 0 Å². The van der Waals surface area contributed by atoms with Crippen LogP contribution in [0.4, 0.5) is 0 Å². The molecule has 0 bridgehead atoms. The van der Waals surface area contributed by atoms with E-state index in [1.807, 2.05) is 72.8 Å². The predicted molar refractivity (Wildman–Crippen MR) is 252 cm³/mol. The molecule has 0 aliphatic heterocycles. The molecule has 3 heterocycles. The van der Waals surface area contributed by atoms with Crippen LogP contribution in [-0.2, 0) is 5.41 Å². The van der Waals surface area contributed by atoms with Crippen molar-refractivity contribution in [3.05, 3.63) is 222 Å². The van der Waals surface area contributed by atoms with Gasteiger partial charge in [0.1, 0.15) is 22.3 Å². The molecular weight excluding hydrogens is 771 g/mol. The molecule has 0 fully saturated rings. The molecular formula is C58H33N3O2. The minimum Gasteiger partial charge on any atom is -0.456 e. The van der Waals surface area contributed by atoms with Crippen molar-refractivity contribution in [2.24, 2.45) is 0 Å². The van der Waals surface area contributed by atoms with Gasteiger partial charge in [-0.3, -0.25) is 0 Å². The van der Waals surface area contributed by atoms with Crippen molar-refractivity contribution >= 4 is 43.9 Å². The lowest BCUT2D eigenvalue weighted by atomic mass is 9.68. The predicted octanol–water partition coefficient (Wildman–Crippen LogP) is 14.7. The third-order valence-corrected chi connectivity index (χ3v) is 13.4. The van der Waals surface area contributed by atoms with Crippen LogP contribution < -0.4 is 0 Å². The Morgan fingerprint density at radius 2 is 0.841 bits per heavy atom. The minimum absolute atomic E-state index is 0.480. The van der Waals surface area contributed by atoms with Gasteiger partial charge in [-0.2, -0.15) is 0 Å². The number of benzene rings is 9. The van der Waals surface area contributed by atoms with Crippen molar-refractivity contribution in [3.63, 3.8) is 0 Å². The quantitative estimate of drug-likeness (QED) is 0.177. The maximum absolute atomic E-state index is 6.67. The highest BCUT2D eigenvalue weighted by Gasteiger charge is 2.52. The van der Waals surface area contributed by atoms with E-state index in [-0.39, 0.29) is 0 Å². The van der Waals surface area contributed by atoms with Gasteiger partial charge in [0.25, 0.3) is 0 Å². The van der Waals surface area contributed by atoms with Gasteiger partial charge in [-0.1, -0.05) is 170 Å². The number of nitrogens with zero attached hydrogens (tertiary/aromatic N) is 3. The summed E-state index contributed by atoms with van der Waals surface area (Å²) in [5.41, 5.74) is 17.9. The molecule has 14 rings (SSSR count). The van der Waals surface area contributed by atoms with Crippen molar-refractivity contribution in [2.75, 3.05) is 0 Å². The molecule has 2 aliphatic rings. The van der Waals surface area contributed by atoms with Crippen LogP contribution in [0.3, 0.4) is 0 Å². The molecule has 0 unspecified atom stereocenters. The molecule has 0 N–H and O–H groups in total. The molecule has 1 spiro atoms. The monoisotopic (exact) mass is 803 g/mol. The van der Waals surface area contributed by atoms with Crippen molar-refractivity contribution < 1.29 is 8.83 Å². The molecule has 9 aromatic carbocycles. The van der Waals surface area contributed by atoms with Gasteiger partial charge < -0.3 is 8.83 Å². The second-order valence-corrected chi connectivity index (χ2v) is 16.6. The topological polar surface area (TPSA) is 65.0 Å². The van der Waals surface area contributed by atoms with Gasteiger partial charge in [0.15, 0.2) is 17.5 Å². The number of fused-ring (bicyclic) bond motifs is 16. The first-order valence-corrected chi connectivity index (χ1v) is 21.3. The summed E-state index contributed by atoms with van der Waals surface area (Å²) in [5, 5.41) is 4.02. The van der Waals surface area contributed by atoms with E-state index < -0.39 is 5.41 Å². The van der Waals surface area contributed by atoms with E-state index in [9.17, 15) is 0 Å². The number of hydrogen-bond acceptors (Lipinski definition) is 5. The lowest BCUT2D eigenvalue weighted by Crippen LogP contribution is -2.26. The highest BCUT2D eigenvalue weighted by molar-refractivity contribution is 6.14. The smallest absolute Gasteiger partial charge is 0.167 e. The first-order chi connectivity index (χ1) is 31.2. The lowest BCUT2D eigenvalue weighted by molar-refractivity contribution is 0.668. The van der Waals surface area contributed by atoms with Crippen LogP contribution in [0.25, 0.3) is 111 Å². The molecule has 3 aromatic heterocycles. The van der Waals surface area contributed by atoms with E-state index in [0.717, 1.165) is 66.1 Å². The van der Waals surface area contributed by atoms with Gasteiger partial charge >= 0.3 is 0 Å². The van der Waals surface area contributed by atoms with Crippen LogP contribution in [0.15, 0.2) is 209 Å². The maximum atomic E-state index is 6.67. The SMILES string of the molecule is c1ccc(-c2nc(-c3cccc4c3oc3ccccc34)nc(-c3cccc4oc5ccc(-c6cccc7c6C6(c8ccccc8-c8ccccc86)c6ccccc6-7)cc5c34)n2)cc1. The van der Waals surface area contributed by atoms with E-state index in [1.54, 1.807) is 0 Å². The summed E-state index contributed by atoms with van der Waals surface area (Å²) in [7, 11) is 0. The summed E-state index contributed by atoms with van der Waals surface area (Å²) >= 11 is 0. The Morgan fingerprint density at radius 1 is 0.317 bits per heavy atom. The fourth-order valence-electron chi connectivity index (χ4n) is 10.8. The van der Waals surface area contributed by atoms with E-state index in [4.69, 9.17) is 23.8 Å². The molecule has 0 atom stereocenters. The maximum Gasteiger partial charge on any atom is 0.167 e. The van der Waals surface area contributed by atoms with Crippen LogP contribution in [0, 0.1) is 0 Å². The number of rotatable bonds is 4. The van der Waals surface area contributed by atoms with Crippen molar-refractivity contribution in [3.8, 4) is 67.5 Å². The standard InChI is InChI=1S/C58H33N3O2/c1-2-15-34(16-3-1)55-59-56(61-57(60-55)44-25-13-23-42-40-20-7-11-29-49(40)63-54(42)44)43-24-14-30-51-52(43)45-33-35(31-32-50(45)62-51)36-21-12-22-41-39-19-6-10-28-48(39)58(53(36)41)46-26-8-4-17-37(46)38-18-5-9-27-47(38)58/h1-33H. The summed E-state index contributed by atoms with van der Waals surface area (Å²) in [6.45, 7) is 0. The Balaban J connectivity index is 1.01. The summed E-state index contributed by atoms with van der Waals surface area (Å²) in [6, 6.07) is 70.9. The Kier molecular flexibility index (Phi) is 6.97. The summed E-state index contributed by atoms with van der Waals surface area (Å²) in [6.07, 6.45) is 0. The van der Waals surface area contributed by atoms with Crippen LogP contribution in [-0.4, -0.2) is 15.0 Å². The summed E-state index contributed by atoms with van der Waals surface area (Å²) in [5.74, 6) is 1.67. The van der Waals surface area contributed by atoms with Crippen LogP contribution in [0.2, 0.25) is 0 Å². The Morgan fingerprint density at radius 3 is 1.62 bits per heavy atom. The van der Waals surface area contributed by atoms with Crippen LogP contribution >= 0.6 is 0 Å². The van der Waals surface area contributed by atoms with Gasteiger partial charge in [0.2, 0.25) is 0 Å². The summed E-state index contributed by atoms with van der Waals surface area (Å²) in [4.78, 5) is 15.6. The Bertz CT molecular complexity index is 3810. The number of furan rings is 2. The normalized spacial score (nSPS) is 13.2. The van der Waals surface area contributed by atoms with Crippen LogP contribution in [0.5, 0.6) is 0 Å². The van der Waals surface area contributed by atoms with Crippen LogP contribution in [0.1, 0.15) is 22.3 Å². The lowest BCUT2D eigenvalue weighted by Gasteiger charge is -2.32. The molecule has 0 amide bonds. The molecule has 5 heteroatoms. The molecule has 292 valence electrons. The van der Waals surface area contributed by atoms with Gasteiger partial charge in [-0.25, -0.2) is 15.0 Å². The molecule has 2 aliphatic carbocycles. The Labute approximate surface area is 361 Å². The zero-order chi connectivity index (χ0) is 41.2. The van der Waals surface area contributed by atoms with Crippen molar-refractivity contribution in [1.82, 2.24) is 15.0 Å². The highest BCUT2D eigenvalue weighted by atomic mass is 16.3. The molecule has 0 saturated heterocycles. The van der Waals surface area contributed by atoms with E-state index in [2.05, 4.69) is 127 Å². The number of aromatic nitrogens is 3. The third kappa shape index (κ3) is 4.68. The van der Waals surface area contributed by atoms with Gasteiger partial charge in [-0.05, 0) is 86.0 Å². The fraction of sp³-hybridized carbons (Fsp3) is 0.0172. The number of para-hydroxylation sites is 2. The minimum atomic E-state index is -0.480. The second kappa shape index (κ2) is 12.8. The number of hydrogen-bond donors (Lipinski definition) is 0. The average Bonchev–Trinajstić information content (AvgIpc) is 4.09. The molecule has 63 heavy (non-hydrogen) atoms. The third-order valence-electron chi connectivity index (χ3n) is 13.4. The fourth-order valence-corrected chi connectivity index (χ4v) is 10.8. The zero-order valence-corrected chi connectivity index (χ0v) is 33.7. The van der Waals surface area contributed by atoms with E-state index >= 15 is 0 Å².